The maximum atomic E-state index is 4.19. The molecule has 0 aromatic heterocycles. The predicted molar refractivity (Wildman–Crippen MR) is 170 cm³/mol. The van der Waals surface area contributed by atoms with E-state index in [9.17, 15) is 0 Å². The van der Waals surface area contributed by atoms with Gasteiger partial charge in [0.15, 0.2) is 0 Å². The minimum Gasteiger partial charge on any atom is -0.102 e. The second-order valence-corrected chi connectivity index (χ2v) is 16.0. The summed E-state index contributed by atoms with van der Waals surface area (Å²) in [6.45, 7) is 0. The highest BCUT2D eigenvalue weighted by molar-refractivity contribution is 6.59. The Morgan fingerprint density at radius 2 is 1.05 bits per heavy atom. The maximum absolute atomic E-state index is 4.19. The van der Waals surface area contributed by atoms with Crippen LogP contribution in [0, 0.1) is 11.8 Å². The monoisotopic (exact) mass is 524 g/mol. The zero-order valence-corrected chi connectivity index (χ0v) is 22.2. The van der Waals surface area contributed by atoms with E-state index in [0.29, 0.717) is 23.7 Å². The van der Waals surface area contributed by atoms with Gasteiger partial charge < -0.3 is 0 Å². The lowest BCUT2D eigenvalue weighted by atomic mass is 9.56. The molecule has 4 unspecified atom stereocenters. The second kappa shape index (κ2) is 3.66. The first-order chi connectivity index (χ1) is 21.4. The van der Waals surface area contributed by atoms with Crippen molar-refractivity contribution >= 4 is 120 Å². The number of hydrogen-bond donors (Lipinski definition) is 0. The van der Waals surface area contributed by atoms with Crippen LogP contribution < -0.4 is 31.3 Å². The molecule has 0 amide bonds. The number of fused-ring (bicyclic) bond motifs is 4. The van der Waals surface area contributed by atoms with Crippen LogP contribution in [-0.2, 0) is 0 Å². The van der Waals surface area contributed by atoms with E-state index < -0.39 is 0 Å². The Kier molecular flexibility index (Phi) is 1.36. The molecule has 180 valence electrons. The van der Waals surface area contributed by atoms with E-state index in [1.165, 1.54) is 31.6 Å². The summed E-state index contributed by atoms with van der Waals surface area (Å²) in [5, 5.41) is 34.8. The summed E-state index contributed by atoms with van der Waals surface area (Å²) in [6, 6.07) is 0. The van der Waals surface area contributed by atoms with E-state index in [0.717, 1.165) is 6.42 Å². The Labute approximate surface area is 237 Å². The average molecular weight is 525 g/mol. The zero-order chi connectivity index (χ0) is 25.5. The quantitative estimate of drug-likeness (QED) is 0.261. The van der Waals surface area contributed by atoms with Gasteiger partial charge in [-0.2, -0.15) is 0 Å². The van der Waals surface area contributed by atoms with Crippen molar-refractivity contribution < 1.29 is 0 Å². The van der Waals surface area contributed by atoms with E-state index in [-0.39, 0.29) is 0 Å². The molecular formula is C43H8. The van der Waals surface area contributed by atoms with Gasteiger partial charge in [0, 0.05) is 104 Å². The molecular weight excluding hydrogens is 516 g/mol. The van der Waals surface area contributed by atoms with Crippen LogP contribution in [0.4, 0.5) is 0 Å². The van der Waals surface area contributed by atoms with Crippen LogP contribution in [-0.4, -0.2) is 0 Å². The van der Waals surface area contributed by atoms with Crippen LogP contribution in [0.3, 0.4) is 0 Å². The van der Waals surface area contributed by atoms with Gasteiger partial charge in [0.25, 0.3) is 0 Å². The minimum absolute atomic E-state index is 0.486. The first-order valence-corrected chi connectivity index (χ1v) is 16.3. The van der Waals surface area contributed by atoms with Crippen LogP contribution in [0.2, 0.25) is 0 Å². The van der Waals surface area contributed by atoms with Gasteiger partial charge in [-0.3, -0.25) is 0 Å². The number of benzene rings is 5. The molecule has 4 atom stereocenters. The van der Waals surface area contributed by atoms with Crippen molar-refractivity contribution in [1.82, 2.24) is 0 Å². The Bertz CT molecular complexity index is 4040. The van der Waals surface area contributed by atoms with Crippen molar-refractivity contribution in [3.05, 3.63) is 88.0 Å². The fourth-order valence-electron chi connectivity index (χ4n) is 15.3. The van der Waals surface area contributed by atoms with Crippen LogP contribution >= 0.6 is 0 Å². The van der Waals surface area contributed by atoms with Crippen molar-refractivity contribution in [2.24, 2.45) is 11.8 Å². The van der Waals surface area contributed by atoms with E-state index in [1.54, 1.807) is 153 Å². The normalized spacial score (nSPS) is 29.3. The lowest BCUT2D eigenvalue weighted by molar-refractivity contribution is 0.668. The van der Waals surface area contributed by atoms with Crippen molar-refractivity contribution in [1.29, 1.82) is 0 Å². The summed E-state index contributed by atoms with van der Waals surface area (Å²) in [5.74, 6) is 2.03. The molecule has 0 radical (unpaired) electrons. The van der Waals surface area contributed by atoms with Gasteiger partial charge in [0.1, 0.15) is 0 Å². The van der Waals surface area contributed by atoms with Crippen molar-refractivity contribution in [3.63, 3.8) is 0 Å². The number of allylic oxidation sites excluding steroid dienone is 8. The fraction of sp³-hybridized carbons (Fsp3) is 0.116. The topological polar surface area (TPSA) is 0 Å². The molecule has 0 N–H and O–H groups in total. The molecule has 20 rings (SSSR count). The highest BCUT2D eigenvalue weighted by Gasteiger charge is 2.61. The van der Waals surface area contributed by atoms with Crippen LogP contribution in [0.15, 0.2) is 34.4 Å². The van der Waals surface area contributed by atoms with Gasteiger partial charge in [-0.05, 0) is 111 Å². The summed E-state index contributed by atoms with van der Waals surface area (Å²) in [4.78, 5) is 0. The fourth-order valence-corrected chi connectivity index (χ4v) is 15.3. The highest BCUT2D eigenvalue weighted by atomic mass is 14.6. The predicted octanol–water partition coefficient (Wildman–Crippen LogP) is 4.24. The van der Waals surface area contributed by atoms with E-state index in [2.05, 4.69) is 23.6 Å². The summed E-state index contributed by atoms with van der Waals surface area (Å²) in [7, 11) is 0. The third-order valence-electron chi connectivity index (χ3n) is 15.6. The van der Waals surface area contributed by atoms with Gasteiger partial charge in [-0.15, -0.1) is 11.5 Å². The van der Waals surface area contributed by atoms with Gasteiger partial charge in [-0.1, -0.05) is 12.2 Å². The third kappa shape index (κ3) is 0.903. The van der Waals surface area contributed by atoms with Crippen LogP contribution in [0.5, 0.6) is 0 Å². The molecule has 11 aliphatic carbocycles. The Morgan fingerprint density at radius 1 is 0.465 bits per heavy atom. The summed E-state index contributed by atoms with van der Waals surface area (Å²) >= 11 is 0. The standard InChI is InChI=1S/C43H8/c1-6-2-10-16-12-4-8-9-5-13-22-18(9)28-17(8)21(12)31-27(16)30-19(10)14(6)25-15-7(1)3-11-20-23(13)33-32(22)40-37(28)39(31)42-38(30)34(25)35-26(15)24(11)29(20)36(33)41(35)43(40)42/h1,3,7,15,19,29H,2H2. The zero-order valence-electron chi connectivity index (χ0n) is 22.2. The van der Waals surface area contributed by atoms with Gasteiger partial charge >= 0.3 is 0 Å². The summed E-state index contributed by atoms with van der Waals surface area (Å²) in [5.41, 5.74) is 29.0. The highest BCUT2D eigenvalue weighted by Crippen LogP contribution is 2.77. The Balaban J connectivity index is 1.44. The Hall–Kier alpha value is -5.12. The molecule has 0 saturated heterocycles. The van der Waals surface area contributed by atoms with Gasteiger partial charge in [0.05, 0.1) is 0 Å². The first kappa shape index (κ1) is 15.9. The van der Waals surface area contributed by atoms with E-state index in [4.69, 9.17) is 0 Å². The third-order valence-corrected chi connectivity index (χ3v) is 15.6. The van der Waals surface area contributed by atoms with E-state index in [1.807, 2.05) is 0 Å². The van der Waals surface area contributed by atoms with Gasteiger partial charge in [-0.25, -0.2) is 0 Å². The summed E-state index contributed by atoms with van der Waals surface area (Å²) in [6.07, 6.45) is 6.67. The largest absolute Gasteiger partial charge is 0.102 e. The Morgan fingerprint density at radius 3 is 1.81 bits per heavy atom. The van der Waals surface area contributed by atoms with Gasteiger partial charge in [0.2, 0.25) is 0 Å². The molecule has 0 spiro atoms. The smallest absolute Gasteiger partial charge is 0.0413 e. The summed E-state index contributed by atoms with van der Waals surface area (Å²) < 4.78 is 0. The number of hydrogen-bond acceptors (Lipinski definition) is 0. The van der Waals surface area contributed by atoms with Crippen molar-refractivity contribution in [3.8, 4) is 0 Å². The molecule has 2 saturated carbocycles. The lowest BCUT2D eigenvalue weighted by Gasteiger charge is -2.46. The molecule has 0 heterocycles. The molecule has 0 bridgehead atoms. The molecule has 0 heteroatoms. The number of rotatable bonds is 0. The molecule has 43 heavy (non-hydrogen) atoms. The van der Waals surface area contributed by atoms with Crippen LogP contribution in [0.25, 0.3) is 120 Å². The van der Waals surface area contributed by atoms with Crippen LogP contribution in [0.1, 0.15) is 40.5 Å². The first-order valence-electron chi connectivity index (χ1n) is 16.3. The molecule has 2 fully saturated rings. The maximum Gasteiger partial charge on any atom is 0.0413 e. The second-order valence-electron chi connectivity index (χ2n) is 16.0. The SMILES string of the molecule is C1=c2c3c4c5c6c7c8c9c%10c%11c(c%12c%13c%14c(c=1c1c2c4c2c6c9c(c%11%13)c2c1%14)=C=%12)=C1C2=CC4C=C6CC=3C5C6=C7C4C8=C2C1%10. The minimum atomic E-state index is 0.486. The van der Waals surface area contributed by atoms with Crippen molar-refractivity contribution in [2.75, 3.05) is 0 Å². The molecule has 11 aliphatic rings. The molecule has 0 nitrogen and oxygen atoms in total. The molecule has 9 aromatic carbocycles. The van der Waals surface area contributed by atoms with Crippen molar-refractivity contribution in [2.45, 2.75) is 18.3 Å². The average Bonchev–Trinajstić information content (AvgIpc) is 3.84. The molecule has 9 aromatic rings. The van der Waals surface area contributed by atoms with E-state index >= 15 is 0 Å². The lowest BCUT2D eigenvalue weighted by Crippen LogP contribution is -2.34. The molecule has 0 aliphatic heterocycles.